The third-order valence-corrected chi connectivity index (χ3v) is 6.16. The highest BCUT2D eigenvalue weighted by Crippen LogP contribution is 2.37. The Morgan fingerprint density at radius 1 is 0.885 bits per heavy atom. The highest BCUT2D eigenvalue weighted by Gasteiger charge is 2.51. The minimum atomic E-state index is -0.352. The normalized spacial score (nSPS) is 20.8. The van der Waals surface area contributed by atoms with Gasteiger partial charge in [0.05, 0.1) is 11.2 Å². The number of fused-ring (bicyclic) bond motifs is 4. The fourth-order valence-electron chi connectivity index (χ4n) is 3.85. The molecule has 1 fully saturated rings. The minimum Gasteiger partial charge on any atom is -0.456 e. The van der Waals surface area contributed by atoms with E-state index in [1.165, 1.54) is 16.5 Å². The van der Waals surface area contributed by atoms with Crippen LogP contribution in [0, 0.1) is 0 Å². The van der Waals surface area contributed by atoms with E-state index in [-0.39, 0.29) is 18.3 Å². The molecule has 0 radical (unpaired) electrons. The van der Waals surface area contributed by atoms with Crippen molar-refractivity contribution in [1.29, 1.82) is 0 Å². The second-order valence-corrected chi connectivity index (χ2v) is 8.43. The summed E-state index contributed by atoms with van der Waals surface area (Å²) in [6, 6.07) is 10.7. The van der Waals surface area contributed by atoms with E-state index in [0.717, 1.165) is 34.9 Å². The molecule has 2 aliphatic rings. The lowest BCUT2D eigenvalue weighted by atomic mass is 9.78. The molecule has 0 unspecified atom stereocenters. The molecule has 2 aromatic carbocycles. The van der Waals surface area contributed by atoms with Crippen molar-refractivity contribution in [3.63, 3.8) is 0 Å². The van der Waals surface area contributed by atoms with Gasteiger partial charge in [-0.05, 0) is 75.3 Å². The molecule has 0 spiro atoms. The molecular weight excluding hydrogens is 323 g/mol. The highest BCUT2D eigenvalue weighted by molar-refractivity contribution is 6.62. The first-order chi connectivity index (χ1) is 12.3. The monoisotopic (exact) mass is 346 g/mol. The predicted molar refractivity (Wildman–Crippen MR) is 107 cm³/mol. The topological polar surface area (TPSA) is 31.6 Å². The number of hydrogen-bond acceptors (Lipinski definition) is 3. The van der Waals surface area contributed by atoms with E-state index in [9.17, 15) is 0 Å². The molecule has 0 atom stereocenters. The highest BCUT2D eigenvalue weighted by atomic mass is 16.7. The minimum absolute atomic E-state index is 0.337. The van der Waals surface area contributed by atoms with Gasteiger partial charge in [-0.2, -0.15) is 0 Å². The molecule has 4 heteroatoms. The van der Waals surface area contributed by atoms with Crippen LogP contribution in [0.4, 0.5) is 0 Å². The van der Waals surface area contributed by atoms with Crippen LogP contribution in [0.1, 0.15) is 45.2 Å². The third-order valence-electron chi connectivity index (χ3n) is 6.16. The summed E-state index contributed by atoms with van der Waals surface area (Å²) in [6.07, 6.45) is 6.62. The molecule has 0 N–H and O–H groups in total. The second-order valence-electron chi connectivity index (χ2n) is 8.43. The Morgan fingerprint density at radius 2 is 1.62 bits per heavy atom. The summed E-state index contributed by atoms with van der Waals surface area (Å²) in [6.45, 7) is 8.33. The van der Waals surface area contributed by atoms with Gasteiger partial charge in [0.15, 0.2) is 0 Å². The Morgan fingerprint density at radius 3 is 2.38 bits per heavy atom. The molecule has 0 saturated carbocycles. The lowest BCUT2D eigenvalue weighted by Crippen LogP contribution is -2.41. The van der Waals surface area contributed by atoms with Gasteiger partial charge in [0, 0.05) is 10.8 Å². The van der Waals surface area contributed by atoms with Crippen LogP contribution in [0.25, 0.3) is 28.0 Å². The van der Waals surface area contributed by atoms with Gasteiger partial charge >= 0.3 is 7.12 Å². The van der Waals surface area contributed by atoms with Gasteiger partial charge in [-0.3, -0.25) is 0 Å². The summed E-state index contributed by atoms with van der Waals surface area (Å²) in [5, 5.41) is 2.30. The summed E-state index contributed by atoms with van der Waals surface area (Å²) in [7, 11) is -0.352. The van der Waals surface area contributed by atoms with E-state index in [4.69, 9.17) is 13.7 Å². The zero-order chi connectivity index (χ0) is 18.1. The zero-order valence-electron chi connectivity index (χ0n) is 15.8. The summed E-state index contributed by atoms with van der Waals surface area (Å²) in [5.41, 5.74) is 4.88. The average Bonchev–Trinajstić information content (AvgIpc) is 3.05. The van der Waals surface area contributed by atoms with Gasteiger partial charge in [0.25, 0.3) is 0 Å². The summed E-state index contributed by atoms with van der Waals surface area (Å²) in [5.74, 6) is 0. The van der Waals surface area contributed by atoms with Crippen molar-refractivity contribution >= 4 is 40.6 Å². The van der Waals surface area contributed by atoms with E-state index in [1.807, 2.05) is 12.1 Å². The van der Waals surface area contributed by atoms with Crippen molar-refractivity contribution in [3.05, 3.63) is 47.5 Å². The van der Waals surface area contributed by atoms with Gasteiger partial charge in [0.2, 0.25) is 0 Å². The first kappa shape index (κ1) is 16.2. The van der Waals surface area contributed by atoms with Crippen LogP contribution in [0.15, 0.2) is 40.8 Å². The van der Waals surface area contributed by atoms with Crippen LogP contribution in [0.5, 0.6) is 0 Å². The number of benzene rings is 2. The van der Waals surface area contributed by atoms with Crippen molar-refractivity contribution in [2.24, 2.45) is 0 Å². The number of allylic oxidation sites excluding steroid dienone is 1. The molecule has 1 aliphatic carbocycles. The summed E-state index contributed by atoms with van der Waals surface area (Å²) < 4.78 is 18.5. The molecule has 1 aromatic heterocycles. The third kappa shape index (κ3) is 2.29. The molecule has 2 heterocycles. The SMILES string of the molecule is CC1(C)OB(c2ccc3oc4cc5c(cc4c3c2)CCC=C5)OC1(C)C. The quantitative estimate of drug-likeness (QED) is 0.591. The fraction of sp³-hybridized carbons (Fsp3) is 0.364. The molecule has 1 saturated heterocycles. The van der Waals surface area contributed by atoms with Crippen LogP contribution < -0.4 is 5.46 Å². The van der Waals surface area contributed by atoms with Gasteiger partial charge in [0.1, 0.15) is 11.2 Å². The standard InChI is InChI=1S/C22H23BO3/c1-21(2)22(3,4)26-23(25-21)16-9-10-19-18(13-16)17-11-14-7-5-6-8-15(14)12-20(17)24-19/h6,8-13H,5,7H2,1-4H3. The van der Waals surface area contributed by atoms with Crippen LogP contribution in [-0.4, -0.2) is 18.3 Å². The molecular formula is C22H23BO3. The van der Waals surface area contributed by atoms with E-state index in [1.54, 1.807) is 0 Å². The van der Waals surface area contributed by atoms with Crippen molar-refractivity contribution in [2.45, 2.75) is 51.7 Å². The van der Waals surface area contributed by atoms with E-state index < -0.39 is 0 Å². The second kappa shape index (κ2) is 5.24. The van der Waals surface area contributed by atoms with Crippen molar-refractivity contribution in [2.75, 3.05) is 0 Å². The van der Waals surface area contributed by atoms with Gasteiger partial charge < -0.3 is 13.7 Å². The van der Waals surface area contributed by atoms with Crippen LogP contribution in [0.2, 0.25) is 0 Å². The Labute approximate surface area is 154 Å². The van der Waals surface area contributed by atoms with Gasteiger partial charge in [-0.15, -0.1) is 0 Å². The van der Waals surface area contributed by atoms with Gasteiger partial charge in [-0.1, -0.05) is 24.3 Å². The molecule has 0 amide bonds. The first-order valence-corrected chi connectivity index (χ1v) is 9.35. The van der Waals surface area contributed by atoms with Crippen molar-refractivity contribution in [1.82, 2.24) is 0 Å². The molecule has 3 nitrogen and oxygen atoms in total. The Bertz CT molecular complexity index is 1040. The number of hydrogen-bond donors (Lipinski definition) is 0. The average molecular weight is 346 g/mol. The van der Waals surface area contributed by atoms with E-state index >= 15 is 0 Å². The lowest BCUT2D eigenvalue weighted by Gasteiger charge is -2.32. The predicted octanol–water partition coefficient (Wildman–Crippen LogP) is 4.84. The number of furan rings is 1. The molecule has 26 heavy (non-hydrogen) atoms. The largest absolute Gasteiger partial charge is 0.494 e. The van der Waals surface area contributed by atoms with Crippen LogP contribution in [-0.2, 0) is 15.7 Å². The number of rotatable bonds is 1. The van der Waals surface area contributed by atoms with E-state index in [2.05, 4.69) is 58.0 Å². The molecule has 1 aliphatic heterocycles. The van der Waals surface area contributed by atoms with Crippen molar-refractivity contribution < 1.29 is 13.7 Å². The summed E-state index contributed by atoms with van der Waals surface area (Å²) in [4.78, 5) is 0. The van der Waals surface area contributed by atoms with Gasteiger partial charge in [-0.25, -0.2) is 0 Å². The fourth-order valence-corrected chi connectivity index (χ4v) is 3.85. The zero-order valence-corrected chi connectivity index (χ0v) is 15.8. The van der Waals surface area contributed by atoms with E-state index in [0.29, 0.717) is 0 Å². The number of aryl methyl sites for hydroxylation is 1. The lowest BCUT2D eigenvalue weighted by molar-refractivity contribution is 0.00578. The Balaban J connectivity index is 1.63. The maximum absolute atomic E-state index is 6.22. The smallest absolute Gasteiger partial charge is 0.456 e. The van der Waals surface area contributed by atoms with Crippen molar-refractivity contribution in [3.8, 4) is 0 Å². The molecule has 0 bridgehead atoms. The maximum atomic E-state index is 6.22. The molecule has 5 rings (SSSR count). The Hall–Kier alpha value is -2.04. The van der Waals surface area contributed by atoms with Crippen LogP contribution in [0.3, 0.4) is 0 Å². The van der Waals surface area contributed by atoms with Crippen LogP contribution >= 0.6 is 0 Å². The maximum Gasteiger partial charge on any atom is 0.494 e. The Kier molecular flexibility index (Phi) is 3.26. The first-order valence-electron chi connectivity index (χ1n) is 9.35. The molecule has 132 valence electrons. The molecule has 3 aromatic rings. The summed E-state index contributed by atoms with van der Waals surface area (Å²) >= 11 is 0.